The zero-order chi connectivity index (χ0) is 14.1. The predicted octanol–water partition coefficient (Wildman–Crippen LogP) is 1.45. The number of benzene rings is 2. The summed E-state index contributed by atoms with van der Waals surface area (Å²) in [6.45, 7) is 0.937. The van der Waals surface area contributed by atoms with E-state index in [2.05, 4.69) is 71.4 Å². The second-order valence-corrected chi connectivity index (χ2v) is 6.03. The maximum absolute atomic E-state index is 2.37. The smallest absolute Gasteiger partial charge is 0.213 e. The number of halogens is 1. The molecule has 0 bridgehead atoms. The van der Waals surface area contributed by atoms with Crippen molar-refractivity contribution in [1.29, 1.82) is 0 Å². The van der Waals surface area contributed by atoms with Crippen molar-refractivity contribution in [2.45, 2.75) is 31.7 Å². The minimum atomic E-state index is 0. The molecule has 1 fully saturated rings. The van der Waals surface area contributed by atoms with Gasteiger partial charge in [0.05, 0.1) is 0 Å². The number of pyridine rings is 1. The molecule has 0 unspecified atom stereocenters. The second kappa shape index (κ2) is 6.62. The lowest BCUT2D eigenvalue weighted by molar-refractivity contribution is -0.662. The van der Waals surface area contributed by atoms with Gasteiger partial charge in [-0.1, -0.05) is 48.9 Å². The summed E-state index contributed by atoms with van der Waals surface area (Å²) in [7, 11) is 0. The number of hydrogen-bond donors (Lipinski definition) is 0. The van der Waals surface area contributed by atoms with Gasteiger partial charge in [-0.25, -0.2) is 0 Å². The number of rotatable bonds is 3. The third-order valence-corrected chi connectivity index (χ3v) is 4.70. The fraction of sp³-hybridized carbons (Fsp3) is 0.250. The molecule has 0 aliphatic heterocycles. The van der Waals surface area contributed by atoms with Crippen LogP contribution >= 0.6 is 0 Å². The Morgan fingerprint density at radius 2 is 1.59 bits per heavy atom. The maximum Gasteiger partial charge on any atom is 0.213 e. The fourth-order valence-corrected chi connectivity index (χ4v) is 3.30. The van der Waals surface area contributed by atoms with Crippen molar-refractivity contribution >= 4 is 10.9 Å². The Bertz CT molecular complexity index is 763. The Morgan fingerprint density at radius 3 is 2.32 bits per heavy atom. The van der Waals surface area contributed by atoms with Gasteiger partial charge in [-0.05, 0) is 30.4 Å². The van der Waals surface area contributed by atoms with Crippen molar-refractivity contribution in [2.75, 3.05) is 0 Å². The monoisotopic (exact) mass is 353 g/mol. The van der Waals surface area contributed by atoms with E-state index in [0.29, 0.717) is 0 Å². The van der Waals surface area contributed by atoms with E-state index in [1.165, 1.54) is 35.7 Å². The molecule has 1 aromatic heterocycles. The van der Waals surface area contributed by atoms with Gasteiger partial charge < -0.3 is 17.0 Å². The van der Waals surface area contributed by atoms with Crippen molar-refractivity contribution in [3.8, 4) is 0 Å². The van der Waals surface area contributed by atoms with Crippen molar-refractivity contribution in [3.05, 3.63) is 78.0 Å². The zero-order valence-corrected chi connectivity index (χ0v) is 14.2. The van der Waals surface area contributed by atoms with Crippen LogP contribution in [0.2, 0.25) is 0 Å². The summed E-state index contributed by atoms with van der Waals surface area (Å²) < 4.78 is 2.37. The predicted molar refractivity (Wildman–Crippen MR) is 86.3 cm³/mol. The Kier molecular flexibility index (Phi) is 4.58. The van der Waals surface area contributed by atoms with Crippen molar-refractivity contribution < 1.29 is 21.5 Å². The van der Waals surface area contributed by atoms with E-state index in [-0.39, 0.29) is 17.0 Å². The SMILES string of the molecule is [Br-].c1ccc(C[n+]2ccc(C3CCC3)c3ccccc32)cc1. The van der Waals surface area contributed by atoms with Gasteiger partial charge in [-0.2, -0.15) is 4.57 Å². The van der Waals surface area contributed by atoms with Gasteiger partial charge >= 0.3 is 0 Å². The molecule has 0 atom stereocenters. The van der Waals surface area contributed by atoms with Gasteiger partial charge in [0.15, 0.2) is 12.7 Å². The first-order chi connectivity index (χ1) is 10.4. The Morgan fingerprint density at radius 1 is 0.864 bits per heavy atom. The van der Waals surface area contributed by atoms with E-state index in [1.54, 1.807) is 5.56 Å². The Balaban J connectivity index is 0.00000144. The van der Waals surface area contributed by atoms with E-state index >= 15 is 0 Å². The van der Waals surface area contributed by atoms with Gasteiger partial charge in [-0.15, -0.1) is 0 Å². The third kappa shape index (κ3) is 2.80. The minimum absolute atomic E-state index is 0. The lowest BCUT2D eigenvalue weighted by Gasteiger charge is -2.26. The van der Waals surface area contributed by atoms with Crippen LogP contribution in [0.25, 0.3) is 10.9 Å². The molecule has 0 saturated heterocycles. The maximum atomic E-state index is 2.37. The number of aromatic nitrogens is 1. The van der Waals surface area contributed by atoms with Crippen LogP contribution in [0.4, 0.5) is 0 Å². The molecular formula is C20H20BrN. The van der Waals surface area contributed by atoms with Crippen LogP contribution < -0.4 is 21.5 Å². The molecule has 0 N–H and O–H groups in total. The van der Waals surface area contributed by atoms with Crippen LogP contribution in [-0.4, -0.2) is 0 Å². The van der Waals surface area contributed by atoms with Gasteiger partial charge in [0.1, 0.15) is 0 Å². The Labute approximate surface area is 142 Å². The fourth-order valence-electron chi connectivity index (χ4n) is 3.30. The third-order valence-electron chi connectivity index (χ3n) is 4.70. The van der Waals surface area contributed by atoms with Gasteiger partial charge in [0.25, 0.3) is 0 Å². The molecule has 1 heterocycles. The van der Waals surface area contributed by atoms with Crippen LogP contribution in [-0.2, 0) is 6.54 Å². The molecule has 0 radical (unpaired) electrons. The molecule has 1 aliphatic rings. The molecule has 112 valence electrons. The topological polar surface area (TPSA) is 3.88 Å². The molecule has 1 nitrogen and oxygen atoms in total. The average molecular weight is 354 g/mol. The van der Waals surface area contributed by atoms with E-state index in [0.717, 1.165) is 12.5 Å². The first-order valence-corrected chi connectivity index (χ1v) is 7.87. The summed E-state index contributed by atoms with van der Waals surface area (Å²) >= 11 is 0. The van der Waals surface area contributed by atoms with Crippen LogP contribution in [0, 0.1) is 0 Å². The first kappa shape index (κ1) is 15.2. The molecule has 0 amide bonds. The van der Waals surface area contributed by atoms with E-state index < -0.39 is 0 Å². The van der Waals surface area contributed by atoms with Crippen LogP contribution in [0.1, 0.15) is 36.3 Å². The molecule has 2 aromatic carbocycles. The largest absolute Gasteiger partial charge is 1.00 e. The van der Waals surface area contributed by atoms with E-state index in [4.69, 9.17) is 0 Å². The Hall–Kier alpha value is -1.67. The summed E-state index contributed by atoms with van der Waals surface area (Å²) in [5.41, 5.74) is 4.25. The lowest BCUT2D eigenvalue weighted by atomic mass is 9.79. The summed E-state index contributed by atoms with van der Waals surface area (Å²) in [6, 6.07) is 21.9. The standard InChI is InChI=1S/C20H20N.BrH/c1-2-7-16(8-3-1)15-21-14-13-18(17-9-6-10-17)19-11-4-5-12-20(19)21;/h1-5,7-8,11-14,17H,6,9-10,15H2;1H/q+1;/p-1. The summed E-state index contributed by atoms with van der Waals surface area (Å²) in [5, 5.41) is 1.43. The van der Waals surface area contributed by atoms with Crippen molar-refractivity contribution in [3.63, 3.8) is 0 Å². The highest BCUT2D eigenvalue weighted by molar-refractivity contribution is 5.80. The molecule has 1 saturated carbocycles. The van der Waals surface area contributed by atoms with Crippen LogP contribution in [0.3, 0.4) is 0 Å². The molecule has 22 heavy (non-hydrogen) atoms. The summed E-state index contributed by atoms with van der Waals surface area (Å²) in [4.78, 5) is 0. The summed E-state index contributed by atoms with van der Waals surface area (Å²) in [5.74, 6) is 0.779. The normalized spacial score (nSPS) is 14.4. The second-order valence-electron chi connectivity index (χ2n) is 6.03. The number of nitrogens with zero attached hydrogens (tertiary/aromatic N) is 1. The summed E-state index contributed by atoms with van der Waals surface area (Å²) in [6.07, 6.45) is 6.36. The van der Waals surface area contributed by atoms with Gasteiger partial charge in [-0.3, -0.25) is 0 Å². The molecule has 0 spiro atoms. The van der Waals surface area contributed by atoms with Crippen molar-refractivity contribution in [2.24, 2.45) is 0 Å². The molecule has 3 aromatic rings. The quantitative estimate of drug-likeness (QED) is 0.627. The van der Waals surface area contributed by atoms with Gasteiger partial charge in [0.2, 0.25) is 5.52 Å². The first-order valence-electron chi connectivity index (χ1n) is 7.87. The van der Waals surface area contributed by atoms with Gasteiger partial charge in [0, 0.05) is 23.1 Å². The van der Waals surface area contributed by atoms with E-state index in [9.17, 15) is 0 Å². The highest BCUT2D eigenvalue weighted by atomic mass is 79.9. The average Bonchev–Trinajstić information content (AvgIpc) is 2.49. The minimum Gasteiger partial charge on any atom is -1.00 e. The van der Waals surface area contributed by atoms with Crippen LogP contribution in [0.15, 0.2) is 66.9 Å². The highest BCUT2D eigenvalue weighted by Crippen LogP contribution is 2.38. The number of para-hydroxylation sites is 1. The molecule has 1 aliphatic carbocycles. The molecule has 2 heteroatoms. The molecular weight excluding hydrogens is 334 g/mol. The zero-order valence-electron chi connectivity index (χ0n) is 12.6. The molecule has 4 rings (SSSR count). The highest BCUT2D eigenvalue weighted by Gasteiger charge is 2.24. The van der Waals surface area contributed by atoms with Crippen LogP contribution in [0.5, 0.6) is 0 Å². The van der Waals surface area contributed by atoms with E-state index in [1.807, 2.05) is 0 Å². The number of fused-ring (bicyclic) bond motifs is 1. The lowest BCUT2D eigenvalue weighted by Crippen LogP contribution is -3.00. The van der Waals surface area contributed by atoms with Crippen molar-refractivity contribution in [1.82, 2.24) is 0 Å². The number of hydrogen-bond acceptors (Lipinski definition) is 0.